The lowest BCUT2D eigenvalue weighted by Gasteiger charge is -2.03. The lowest BCUT2D eigenvalue weighted by atomic mass is 10.1. The Labute approximate surface area is 133 Å². The monoisotopic (exact) mass is 336 g/mol. The second kappa shape index (κ2) is 5.89. The van der Waals surface area contributed by atoms with Gasteiger partial charge in [0.2, 0.25) is 0 Å². The average Bonchev–Trinajstić information content (AvgIpc) is 2.83. The van der Waals surface area contributed by atoms with Crippen LogP contribution in [0.1, 0.15) is 10.4 Å². The van der Waals surface area contributed by atoms with Crippen LogP contribution in [0.15, 0.2) is 42.5 Å². The van der Waals surface area contributed by atoms with Crippen LogP contribution in [0, 0.1) is 17.5 Å². The first-order valence-electron chi connectivity index (χ1n) is 6.46. The first-order valence-corrected chi connectivity index (χ1v) is 6.84. The summed E-state index contributed by atoms with van der Waals surface area (Å²) in [5, 5.41) is 3.88. The van der Waals surface area contributed by atoms with Gasteiger partial charge in [0.15, 0.2) is 6.29 Å². The SMILES string of the molecule is O=Cc1c(-c2ccccc2F)nn(-c2cc(F)cc(F)c2)c1Cl. The van der Waals surface area contributed by atoms with Crippen molar-refractivity contribution in [3.05, 3.63) is 70.6 Å². The normalized spacial score (nSPS) is 10.8. The molecule has 0 aliphatic heterocycles. The number of carbonyl (C=O) groups is 1. The quantitative estimate of drug-likeness (QED) is 0.663. The van der Waals surface area contributed by atoms with E-state index in [1.807, 2.05) is 0 Å². The fourth-order valence-corrected chi connectivity index (χ4v) is 2.47. The molecule has 0 amide bonds. The molecule has 116 valence electrons. The Morgan fingerprint density at radius 1 is 1.04 bits per heavy atom. The third-order valence-electron chi connectivity index (χ3n) is 3.20. The van der Waals surface area contributed by atoms with Crippen LogP contribution in [-0.2, 0) is 0 Å². The third kappa shape index (κ3) is 2.73. The summed E-state index contributed by atoms with van der Waals surface area (Å²) < 4.78 is 41.7. The van der Waals surface area contributed by atoms with Gasteiger partial charge >= 0.3 is 0 Å². The molecule has 0 N–H and O–H groups in total. The molecule has 0 fully saturated rings. The molecular weight excluding hydrogens is 329 g/mol. The Bertz CT molecular complexity index is 888. The van der Waals surface area contributed by atoms with E-state index >= 15 is 0 Å². The van der Waals surface area contributed by atoms with Crippen molar-refractivity contribution in [2.24, 2.45) is 0 Å². The molecule has 0 aliphatic carbocycles. The van der Waals surface area contributed by atoms with Gasteiger partial charge in [-0.2, -0.15) is 5.10 Å². The predicted octanol–water partition coefficient (Wildman–Crippen LogP) is 4.42. The molecule has 0 atom stereocenters. The van der Waals surface area contributed by atoms with Gasteiger partial charge in [0.05, 0.1) is 11.3 Å². The maximum atomic E-state index is 13.9. The van der Waals surface area contributed by atoms with Crippen LogP contribution in [0.3, 0.4) is 0 Å². The van der Waals surface area contributed by atoms with E-state index in [1.54, 1.807) is 6.07 Å². The summed E-state index contributed by atoms with van der Waals surface area (Å²) in [5.41, 5.74) is -0.0282. The number of benzene rings is 2. The van der Waals surface area contributed by atoms with Gasteiger partial charge in [-0.15, -0.1) is 0 Å². The minimum absolute atomic E-state index is 0.00670. The topological polar surface area (TPSA) is 34.9 Å². The summed E-state index contributed by atoms with van der Waals surface area (Å²) in [5.74, 6) is -2.25. The van der Waals surface area contributed by atoms with E-state index in [2.05, 4.69) is 5.10 Å². The van der Waals surface area contributed by atoms with Gasteiger partial charge in [0, 0.05) is 11.6 Å². The standard InChI is InChI=1S/C16H8ClF3N2O/c17-16-13(8-23)15(12-3-1-2-4-14(12)20)21-22(16)11-6-9(18)5-10(19)7-11/h1-8H. The molecule has 0 saturated heterocycles. The fraction of sp³-hybridized carbons (Fsp3) is 0. The van der Waals surface area contributed by atoms with Crippen LogP contribution < -0.4 is 0 Å². The Morgan fingerprint density at radius 2 is 1.70 bits per heavy atom. The molecule has 2 aromatic carbocycles. The summed E-state index contributed by atoms with van der Waals surface area (Å²) >= 11 is 6.07. The summed E-state index contributed by atoms with van der Waals surface area (Å²) in [6.45, 7) is 0. The molecule has 3 rings (SSSR count). The number of aldehydes is 1. The van der Waals surface area contributed by atoms with Crippen LogP contribution in [0.4, 0.5) is 13.2 Å². The molecule has 0 bridgehead atoms. The minimum atomic E-state index is -0.827. The van der Waals surface area contributed by atoms with Gasteiger partial charge in [0.1, 0.15) is 28.3 Å². The van der Waals surface area contributed by atoms with Crippen molar-refractivity contribution >= 4 is 17.9 Å². The first kappa shape index (κ1) is 15.3. The van der Waals surface area contributed by atoms with E-state index in [0.29, 0.717) is 12.4 Å². The summed E-state index contributed by atoms with van der Waals surface area (Å²) in [7, 11) is 0. The van der Waals surface area contributed by atoms with Crippen LogP contribution in [-0.4, -0.2) is 16.1 Å². The number of hydrogen-bond acceptors (Lipinski definition) is 2. The van der Waals surface area contributed by atoms with Crippen molar-refractivity contribution in [3.8, 4) is 16.9 Å². The molecule has 0 radical (unpaired) electrons. The molecule has 1 heterocycles. The largest absolute Gasteiger partial charge is 0.298 e. The van der Waals surface area contributed by atoms with E-state index in [1.165, 1.54) is 18.2 Å². The number of nitrogens with zero attached hydrogens (tertiary/aromatic N) is 2. The van der Waals surface area contributed by atoms with Gasteiger partial charge in [-0.1, -0.05) is 23.7 Å². The van der Waals surface area contributed by atoms with Crippen molar-refractivity contribution in [3.63, 3.8) is 0 Å². The maximum absolute atomic E-state index is 13.9. The summed E-state index contributed by atoms with van der Waals surface area (Å²) in [6, 6.07) is 8.39. The highest BCUT2D eigenvalue weighted by Gasteiger charge is 2.21. The Morgan fingerprint density at radius 3 is 2.30 bits per heavy atom. The smallest absolute Gasteiger partial charge is 0.155 e. The molecule has 3 aromatic rings. The highest BCUT2D eigenvalue weighted by atomic mass is 35.5. The van der Waals surface area contributed by atoms with E-state index in [-0.39, 0.29) is 27.7 Å². The van der Waals surface area contributed by atoms with Gasteiger partial charge in [-0.3, -0.25) is 4.79 Å². The predicted molar refractivity (Wildman–Crippen MR) is 79.3 cm³/mol. The molecular formula is C16H8ClF3N2O. The van der Waals surface area contributed by atoms with E-state index in [9.17, 15) is 18.0 Å². The maximum Gasteiger partial charge on any atom is 0.155 e. The average molecular weight is 337 g/mol. The molecule has 0 saturated carbocycles. The molecule has 0 spiro atoms. The van der Waals surface area contributed by atoms with E-state index in [4.69, 9.17) is 11.6 Å². The highest BCUT2D eigenvalue weighted by Crippen LogP contribution is 2.31. The van der Waals surface area contributed by atoms with Crippen molar-refractivity contribution in [2.45, 2.75) is 0 Å². The zero-order chi connectivity index (χ0) is 16.6. The van der Waals surface area contributed by atoms with Gasteiger partial charge in [-0.25, -0.2) is 17.9 Å². The lowest BCUT2D eigenvalue weighted by Crippen LogP contribution is -1.99. The van der Waals surface area contributed by atoms with Crippen LogP contribution in [0.25, 0.3) is 16.9 Å². The number of halogens is 4. The molecule has 0 unspecified atom stereocenters. The molecule has 0 aliphatic rings. The molecule has 1 aromatic heterocycles. The Kier molecular flexibility index (Phi) is 3.92. The zero-order valence-corrected chi connectivity index (χ0v) is 12.2. The fourth-order valence-electron chi connectivity index (χ4n) is 2.20. The second-order valence-electron chi connectivity index (χ2n) is 4.69. The van der Waals surface area contributed by atoms with Crippen molar-refractivity contribution in [1.29, 1.82) is 0 Å². The molecule has 7 heteroatoms. The van der Waals surface area contributed by atoms with Crippen molar-refractivity contribution in [2.75, 3.05) is 0 Å². The summed E-state index contributed by atoms with van der Waals surface area (Å²) in [6.07, 6.45) is 0.420. The number of hydrogen-bond donors (Lipinski definition) is 0. The van der Waals surface area contributed by atoms with Crippen molar-refractivity contribution < 1.29 is 18.0 Å². The van der Waals surface area contributed by atoms with Crippen molar-refractivity contribution in [1.82, 2.24) is 9.78 Å². The van der Waals surface area contributed by atoms with E-state index in [0.717, 1.165) is 16.8 Å². The third-order valence-corrected chi connectivity index (χ3v) is 3.57. The van der Waals surface area contributed by atoms with Crippen LogP contribution in [0.5, 0.6) is 0 Å². The van der Waals surface area contributed by atoms with E-state index < -0.39 is 17.5 Å². The van der Waals surface area contributed by atoms with Crippen LogP contribution >= 0.6 is 11.6 Å². The lowest BCUT2D eigenvalue weighted by molar-refractivity contribution is 0.112. The second-order valence-corrected chi connectivity index (χ2v) is 5.05. The highest BCUT2D eigenvalue weighted by molar-refractivity contribution is 6.32. The van der Waals surface area contributed by atoms with Crippen LogP contribution in [0.2, 0.25) is 5.15 Å². The molecule has 23 heavy (non-hydrogen) atoms. The Balaban J connectivity index is 2.25. The first-order chi connectivity index (χ1) is 11.0. The number of carbonyl (C=O) groups excluding carboxylic acids is 1. The van der Waals surface area contributed by atoms with Gasteiger partial charge < -0.3 is 0 Å². The van der Waals surface area contributed by atoms with Gasteiger partial charge in [-0.05, 0) is 24.3 Å². The van der Waals surface area contributed by atoms with Gasteiger partial charge in [0.25, 0.3) is 0 Å². The molecule has 3 nitrogen and oxygen atoms in total. The number of rotatable bonds is 3. The summed E-state index contributed by atoms with van der Waals surface area (Å²) in [4.78, 5) is 11.3. The number of aromatic nitrogens is 2. The minimum Gasteiger partial charge on any atom is -0.298 e. The zero-order valence-electron chi connectivity index (χ0n) is 11.4. The Hall–Kier alpha value is -2.60.